The van der Waals surface area contributed by atoms with E-state index < -0.39 is 28.7 Å². The van der Waals surface area contributed by atoms with Crippen LogP contribution >= 0.6 is 0 Å². The lowest BCUT2D eigenvalue weighted by atomic mass is 9.74. The van der Waals surface area contributed by atoms with Gasteiger partial charge in [-0.25, -0.2) is 4.79 Å². The number of carbonyl (C=O) groups is 3. The molecule has 0 aromatic heterocycles. The number of benzene rings is 1. The summed E-state index contributed by atoms with van der Waals surface area (Å²) in [5, 5.41) is 11.7. The third kappa shape index (κ3) is 3.21. The van der Waals surface area contributed by atoms with Crippen LogP contribution in [-0.4, -0.2) is 28.4 Å². The number of aromatic carboxylic acids is 1. The molecule has 21 heavy (non-hydrogen) atoms. The van der Waals surface area contributed by atoms with Crippen molar-refractivity contribution in [3.8, 4) is 0 Å². The van der Waals surface area contributed by atoms with Crippen molar-refractivity contribution in [2.45, 2.75) is 33.2 Å². The van der Waals surface area contributed by atoms with Gasteiger partial charge >= 0.3 is 5.97 Å². The summed E-state index contributed by atoms with van der Waals surface area (Å²) in [4.78, 5) is 35.3. The Morgan fingerprint density at radius 3 is 1.90 bits per heavy atom. The molecular formula is C15H20N2O4. The van der Waals surface area contributed by atoms with Gasteiger partial charge in [-0.2, -0.15) is 0 Å². The summed E-state index contributed by atoms with van der Waals surface area (Å²) in [5.74, 6) is -2.54. The molecule has 0 fully saturated rings. The second-order valence-electron chi connectivity index (χ2n) is 6.04. The molecule has 0 saturated heterocycles. The van der Waals surface area contributed by atoms with Crippen LogP contribution in [-0.2, 0) is 4.79 Å². The summed E-state index contributed by atoms with van der Waals surface area (Å²) in [6.45, 7) is 6.82. The molecule has 0 bridgehead atoms. The first-order chi connectivity index (χ1) is 9.50. The first kappa shape index (κ1) is 16.7. The Labute approximate surface area is 123 Å². The Balaban J connectivity index is 3.22. The summed E-state index contributed by atoms with van der Waals surface area (Å²) in [6, 6.07) is 5.80. The molecule has 1 aromatic rings. The van der Waals surface area contributed by atoms with Gasteiger partial charge in [0.2, 0.25) is 5.91 Å². The lowest BCUT2D eigenvalue weighted by Gasteiger charge is -2.39. The highest BCUT2D eigenvalue weighted by Gasteiger charge is 2.44. The van der Waals surface area contributed by atoms with Crippen LogP contribution < -0.4 is 11.1 Å². The molecule has 1 atom stereocenters. The number of hydrogen-bond acceptors (Lipinski definition) is 3. The van der Waals surface area contributed by atoms with Gasteiger partial charge in [0.1, 0.15) is 5.54 Å². The van der Waals surface area contributed by atoms with Crippen molar-refractivity contribution in [1.82, 2.24) is 5.32 Å². The summed E-state index contributed by atoms with van der Waals surface area (Å²) >= 11 is 0. The summed E-state index contributed by atoms with van der Waals surface area (Å²) in [5.41, 5.74) is 3.33. The first-order valence-electron chi connectivity index (χ1n) is 6.45. The molecule has 2 amide bonds. The maximum Gasteiger partial charge on any atom is 0.336 e. The molecule has 1 unspecified atom stereocenters. The molecule has 4 N–H and O–H groups in total. The molecule has 0 aliphatic carbocycles. The highest BCUT2D eigenvalue weighted by molar-refractivity contribution is 6.06. The van der Waals surface area contributed by atoms with Gasteiger partial charge in [0.05, 0.1) is 11.1 Å². The monoisotopic (exact) mass is 292 g/mol. The molecular weight excluding hydrogens is 272 g/mol. The van der Waals surface area contributed by atoms with Crippen LogP contribution in [0.2, 0.25) is 0 Å². The topological polar surface area (TPSA) is 109 Å². The number of nitrogens with two attached hydrogens (primary N) is 1. The third-order valence-electron chi connectivity index (χ3n) is 3.76. The molecule has 0 heterocycles. The first-order valence-corrected chi connectivity index (χ1v) is 6.45. The Morgan fingerprint density at radius 2 is 1.52 bits per heavy atom. The van der Waals surface area contributed by atoms with Crippen molar-refractivity contribution in [3.05, 3.63) is 35.4 Å². The van der Waals surface area contributed by atoms with Crippen molar-refractivity contribution in [1.29, 1.82) is 0 Å². The van der Waals surface area contributed by atoms with Crippen LogP contribution in [0.25, 0.3) is 0 Å². The molecule has 114 valence electrons. The average molecular weight is 292 g/mol. The van der Waals surface area contributed by atoms with Crippen LogP contribution in [0.3, 0.4) is 0 Å². The Kier molecular flexibility index (Phi) is 4.41. The van der Waals surface area contributed by atoms with Crippen LogP contribution in [0, 0.1) is 5.41 Å². The summed E-state index contributed by atoms with van der Waals surface area (Å²) in [6.07, 6.45) is 0. The highest BCUT2D eigenvalue weighted by atomic mass is 16.4. The zero-order valence-corrected chi connectivity index (χ0v) is 12.6. The molecule has 0 saturated carbocycles. The molecule has 0 radical (unpaired) electrons. The number of rotatable bonds is 4. The standard InChI is InChI=1S/C15H20N2O4/c1-14(2,3)15(4,13(16)21)17-11(18)9-7-5-6-8-10(9)12(19)20/h5-8H,1-4H3,(H2,16,21)(H,17,18)(H,19,20). The molecule has 6 heteroatoms. The Bertz CT molecular complexity index is 590. The van der Waals surface area contributed by atoms with Crippen molar-refractivity contribution < 1.29 is 19.5 Å². The zero-order chi connectivity index (χ0) is 16.4. The van der Waals surface area contributed by atoms with Crippen molar-refractivity contribution in [3.63, 3.8) is 0 Å². The van der Waals surface area contributed by atoms with E-state index in [0.29, 0.717) is 0 Å². The molecule has 1 aromatic carbocycles. The molecule has 1 rings (SSSR count). The van der Waals surface area contributed by atoms with Gasteiger partial charge in [0.25, 0.3) is 5.91 Å². The minimum absolute atomic E-state index is 0.0123. The van der Waals surface area contributed by atoms with Crippen molar-refractivity contribution >= 4 is 17.8 Å². The zero-order valence-electron chi connectivity index (χ0n) is 12.6. The average Bonchev–Trinajstić information content (AvgIpc) is 2.36. The van der Waals surface area contributed by atoms with Crippen LogP contribution in [0.1, 0.15) is 48.4 Å². The number of carboxylic acids is 1. The van der Waals surface area contributed by atoms with E-state index in [4.69, 9.17) is 10.8 Å². The molecule has 0 aliphatic heterocycles. The lowest BCUT2D eigenvalue weighted by molar-refractivity contribution is -0.127. The minimum Gasteiger partial charge on any atom is -0.478 e. The SMILES string of the molecule is CC(C)(C)C(C)(NC(=O)c1ccccc1C(=O)O)C(N)=O. The second kappa shape index (κ2) is 5.55. The maximum absolute atomic E-state index is 12.4. The largest absolute Gasteiger partial charge is 0.478 e. The predicted octanol–water partition coefficient (Wildman–Crippen LogP) is 1.40. The number of hydrogen-bond donors (Lipinski definition) is 3. The van der Waals surface area contributed by atoms with E-state index >= 15 is 0 Å². The third-order valence-corrected chi connectivity index (χ3v) is 3.76. The van der Waals surface area contributed by atoms with E-state index in [1.807, 2.05) is 0 Å². The van der Waals surface area contributed by atoms with Gasteiger partial charge < -0.3 is 16.2 Å². The van der Waals surface area contributed by atoms with Gasteiger partial charge in [-0.3, -0.25) is 9.59 Å². The Morgan fingerprint density at radius 1 is 1.05 bits per heavy atom. The molecule has 0 aliphatic rings. The molecule has 6 nitrogen and oxygen atoms in total. The fourth-order valence-corrected chi connectivity index (χ4v) is 1.78. The van der Waals surface area contributed by atoms with Gasteiger partial charge in [0, 0.05) is 0 Å². The number of carboxylic acid groups (broad SMARTS) is 1. The lowest BCUT2D eigenvalue weighted by Crippen LogP contribution is -2.62. The number of primary amides is 1. The maximum atomic E-state index is 12.4. The Hall–Kier alpha value is -2.37. The quantitative estimate of drug-likeness (QED) is 0.779. The van der Waals surface area contributed by atoms with Gasteiger partial charge in [-0.05, 0) is 24.5 Å². The van der Waals surface area contributed by atoms with Gasteiger partial charge in [-0.1, -0.05) is 32.9 Å². The van der Waals surface area contributed by atoms with Gasteiger partial charge in [0.15, 0.2) is 0 Å². The minimum atomic E-state index is -1.31. The summed E-state index contributed by atoms with van der Waals surface area (Å²) in [7, 11) is 0. The fraction of sp³-hybridized carbons (Fsp3) is 0.400. The second-order valence-corrected chi connectivity index (χ2v) is 6.04. The van der Waals surface area contributed by atoms with E-state index in [-0.39, 0.29) is 11.1 Å². The van der Waals surface area contributed by atoms with Crippen molar-refractivity contribution in [2.75, 3.05) is 0 Å². The fourth-order valence-electron chi connectivity index (χ4n) is 1.78. The smallest absolute Gasteiger partial charge is 0.336 e. The van der Waals surface area contributed by atoms with E-state index in [1.54, 1.807) is 26.8 Å². The highest BCUT2D eigenvalue weighted by Crippen LogP contribution is 2.30. The number of nitrogens with one attached hydrogen (secondary N) is 1. The van der Waals surface area contributed by atoms with Crippen LogP contribution in [0.5, 0.6) is 0 Å². The predicted molar refractivity (Wildman–Crippen MR) is 77.9 cm³/mol. The van der Waals surface area contributed by atoms with E-state index in [9.17, 15) is 14.4 Å². The molecule has 0 spiro atoms. The van der Waals surface area contributed by atoms with Crippen LogP contribution in [0.4, 0.5) is 0 Å². The van der Waals surface area contributed by atoms with Gasteiger partial charge in [-0.15, -0.1) is 0 Å². The van der Waals surface area contributed by atoms with E-state index in [2.05, 4.69) is 5.32 Å². The van der Waals surface area contributed by atoms with E-state index in [0.717, 1.165) is 0 Å². The number of amides is 2. The normalized spacial score (nSPS) is 14.1. The van der Waals surface area contributed by atoms with Crippen molar-refractivity contribution in [2.24, 2.45) is 11.1 Å². The number of carbonyl (C=O) groups excluding carboxylic acids is 2. The van der Waals surface area contributed by atoms with Crippen LogP contribution in [0.15, 0.2) is 24.3 Å². The summed E-state index contributed by atoms with van der Waals surface area (Å²) < 4.78 is 0. The van der Waals surface area contributed by atoms with E-state index in [1.165, 1.54) is 25.1 Å².